The smallest absolute Gasteiger partial charge is 0.475 e. The van der Waals surface area contributed by atoms with Crippen LogP contribution in [0.1, 0.15) is 23.2 Å². The van der Waals surface area contributed by atoms with Crippen LogP contribution in [0.2, 0.25) is 0 Å². The van der Waals surface area contributed by atoms with Gasteiger partial charge < -0.3 is 29.4 Å². The summed E-state index contributed by atoms with van der Waals surface area (Å²) in [5, 5.41) is 8.18. The molecule has 1 amide bonds. The van der Waals surface area contributed by atoms with E-state index in [-0.39, 0.29) is 17.6 Å². The van der Waals surface area contributed by atoms with Gasteiger partial charge in [0, 0.05) is 35.8 Å². The van der Waals surface area contributed by atoms with E-state index in [2.05, 4.69) is 24.0 Å². The number of fused-ring (bicyclic) bond motifs is 1. The highest BCUT2D eigenvalue weighted by Crippen LogP contribution is 2.33. The second-order valence-electron chi connectivity index (χ2n) is 8.59. The maximum atomic E-state index is 13.1. The molecule has 0 radical (unpaired) electrons. The number of benzene rings is 1. The van der Waals surface area contributed by atoms with Crippen LogP contribution < -0.4 is 0 Å². The topological polar surface area (TPSA) is 95.1 Å². The summed E-state index contributed by atoms with van der Waals surface area (Å²) in [6.07, 6.45) is -1.03. The number of amides is 1. The number of carboxylic acid groups (broad SMARTS) is 1. The molecule has 2 saturated heterocycles. The molecule has 33 heavy (non-hydrogen) atoms. The molecule has 8 nitrogen and oxygen atoms in total. The number of aromatic nitrogens is 1. The summed E-state index contributed by atoms with van der Waals surface area (Å²) in [4.78, 5) is 29.2. The molecule has 2 unspecified atom stereocenters. The van der Waals surface area contributed by atoms with Crippen molar-refractivity contribution in [3.05, 3.63) is 36.0 Å². The van der Waals surface area contributed by atoms with Crippen molar-refractivity contribution in [1.29, 1.82) is 0 Å². The zero-order chi connectivity index (χ0) is 24.2. The predicted molar refractivity (Wildman–Crippen MR) is 114 cm³/mol. The fourth-order valence-electron chi connectivity index (χ4n) is 4.10. The fraction of sp³-hybridized carbons (Fsp3) is 0.545. The first kappa shape index (κ1) is 25.0. The molecule has 2 atom stereocenters. The lowest BCUT2D eigenvalue weighted by atomic mass is 9.99. The number of rotatable bonds is 3. The van der Waals surface area contributed by atoms with Crippen LogP contribution in [0.5, 0.6) is 0 Å². The third kappa shape index (κ3) is 6.46. The average molecular weight is 471 g/mol. The summed E-state index contributed by atoms with van der Waals surface area (Å²) < 4.78 is 43.9. The molecular weight excluding hydrogens is 443 g/mol. The van der Waals surface area contributed by atoms with Crippen molar-refractivity contribution in [2.45, 2.75) is 30.7 Å². The number of hydrogen-bond acceptors (Lipinski definition) is 5. The summed E-state index contributed by atoms with van der Waals surface area (Å²) in [7, 11) is 4.12. The molecule has 2 fully saturated rings. The van der Waals surface area contributed by atoms with Crippen LogP contribution in [0.3, 0.4) is 0 Å². The molecule has 1 spiro atoms. The van der Waals surface area contributed by atoms with E-state index < -0.39 is 12.1 Å². The number of nitrogens with zero attached hydrogens (tertiary/aromatic N) is 2. The predicted octanol–water partition coefficient (Wildman–Crippen LogP) is 2.75. The second-order valence-corrected chi connectivity index (χ2v) is 8.59. The molecule has 2 N–H and O–H groups in total. The van der Waals surface area contributed by atoms with Crippen molar-refractivity contribution in [2.75, 3.05) is 46.9 Å². The third-order valence-corrected chi connectivity index (χ3v) is 5.59. The van der Waals surface area contributed by atoms with Crippen LogP contribution in [0.15, 0.2) is 30.5 Å². The van der Waals surface area contributed by atoms with Crippen LogP contribution in [0.25, 0.3) is 10.9 Å². The van der Waals surface area contributed by atoms with Gasteiger partial charge in [0.15, 0.2) is 0 Å². The molecule has 2 aliphatic heterocycles. The monoisotopic (exact) mass is 471 g/mol. The first-order valence-corrected chi connectivity index (χ1v) is 10.6. The minimum atomic E-state index is -5.08. The standard InChI is InChI=1S/C20H27N3O3.C2HF3O2/c1-22(2)12-17-5-7-20(26-17)13-23(9-10-25-14-20)19(24)16-3-4-18-15(11-16)6-8-21-18;3-2(4,5)1(6)7/h3-4,6,8,11,17,21H,5,7,9-10,12-14H2,1-2H3;(H,6,7). The molecule has 1 aromatic heterocycles. The molecule has 0 aliphatic carbocycles. The Balaban J connectivity index is 0.000000383. The summed E-state index contributed by atoms with van der Waals surface area (Å²) in [5.74, 6) is -2.70. The van der Waals surface area contributed by atoms with Crippen LogP contribution in [-0.2, 0) is 14.3 Å². The van der Waals surface area contributed by atoms with Gasteiger partial charge in [-0.25, -0.2) is 4.79 Å². The number of likely N-dealkylation sites (N-methyl/N-ethyl adjacent to an activating group) is 1. The number of hydrogen-bond donors (Lipinski definition) is 2. The van der Waals surface area contributed by atoms with Crippen molar-refractivity contribution in [3.8, 4) is 0 Å². The van der Waals surface area contributed by atoms with E-state index in [0.29, 0.717) is 26.3 Å². The van der Waals surface area contributed by atoms with E-state index >= 15 is 0 Å². The summed E-state index contributed by atoms with van der Waals surface area (Å²) in [6, 6.07) is 7.80. The van der Waals surface area contributed by atoms with Crippen molar-refractivity contribution in [1.82, 2.24) is 14.8 Å². The lowest BCUT2D eigenvalue weighted by molar-refractivity contribution is -0.192. The van der Waals surface area contributed by atoms with Gasteiger partial charge >= 0.3 is 12.1 Å². The molecule has 0 bridgehead atoms. The highest BCUT2D eigenvalue weighted by Gasteiger charge is 2.44. The van der Waals surface area contributed by atoms with E-state index in [0.717, 1.165) is 35.9 Å². The van der Waals surface area contributed by atoms with Crippen molar-refractivity contribution >= 4 is 22.8 Å². The lowest BCUT2D eigenvalue weighted by Gasteiger charge is -2.32. The maximum Gasteiger partial charge on any atom is 0.490 e. The number of ether oxygens (including phenoxy) is 2. The Morgan fingerprint density at radius 1 is 1.30 bits per heavy atom. The average Bonchev–Trinajstić information content (AvgIpc) is 3.29. The number of alkyl halides is 3. The largest absolute Gasteiger partial charge is 0.490 e. The number of aliphatic carboxylic acids is 1. The van der Waals surface area contributed by atoms with Gasteiger partial charge in [-0.05, 0) is 51.2 Å². The molecule has 2 aliphatic rings. The number of carbonyl (C=O) groups is 2. The third-order valence-electron chi connectivity index (χ3n) is 5.59. The Bertz CT molecular complexity index is 978. The van der Waals surface area contributed by atoms with E-state index in [9.17, 15) is 18.0 Å². The van der Waals surface area contributed by atoms with Crippen LogP contribution in [0, 0.1) is 0 Å². The Kier molecular flexibility index (Phi) is 7.65. The van der Waals surface area contributed by atoms with Crippen LogP contribution in [0.4, 0.5) is 13.2 Å². The van der Waals surface area contributed by atoms with E-state index in [1.807, 2.05) is 35.4 Å². The Hall–Kier alpha value is -2.63. The lowest BCUT2D eigenvalue weighted by Crippen LogP contribution is -2.47. The van der Waals surface area contributed by atoms with Gasteiger partial charge in [0.2, 0.25) is 0 Å². The maximum absolute atomic E-state index is 13.1. The molecule has 1 aromatic carbocycles. The molecular formula is C22H28F3N3O5. The van der Waals surface area contributed by atoms with Gasteiger partial charge in [0.25, 0.3) is 5.91 Å². The molecule has 4 rings (SSSR count). The van der Waals surface area contributed by atoms with E-state index in [1.54, 1.807) is 0 Å². The number of H-pyrrole nitrogens is 1. The van der Waals surface area contributed by atoms with E-state index in [1.165, 1.54) is 0 Å². The second kappa shape index (κ2) is 10.1. The Morgan fingerprint density at radius 3 is 2.70 bits per heavy atom. The highest BCUT2D eigenvalue weighted by molar-refractivity contribution is 5.98. The minimum Gasteiger partial charge on any atom is -0.475 e. The Labute approximate surface area is 189 Å². The van der Waals surface area contributed by atoms with Gasteiger partial charge in [0.05, 0.1) is 25.9 Å². The molecule has 2 aromatic rings. The van der Waals surface area contributed by atoms with Gasteiger partial charge in [-0.3, -0.25) is 4.79 Å². The van der Waals surface area contributed by atoms with E-state index in [4.69, 9.17) is 19.4 Å². The number of nitrogens with one attached hydrogen (secondary N) is 1. The normalized spacial score (nSPS) is 23.5. The fourth-order valence-corrected chi connectivity index (χ4v) is 4.10. The van der Waals surface area contributed by atoms with Crippen LogP contribution in [-0.4, -0.2) is 96.6 Å². The van der Waals surface area contributed by atoms with Gasteiger partial charge in [0.1, 0.15) is 5.60 Å². The summed E-state index contributed by atoms with van der Waals surface area (Å²) in [5.41, 5.74) is 1.39. The molecule has 182 valence electrons. The van der Waals surface area contributed by atoms with Crippen molar-refractivity contribution in [3.63, 3.8) is 0 Å². The zero-order valence-electron chi connectivity index (χ0n) is 18.5. The zero-order valence-corrected chi connectivity index (χ0v) is 18.5. The van der Waals surface area contributed by atoms with Crippen molar-refractivity contribution < 1.29 is 37.3 Å². The molecule has 11 heteroatoms. The van der Waals surface area contributed by atoms with Gasteiger partial charge in [-0.2, -0.15) is 13.2 Å². The summed E-state index contributed by atoms with van der Waals surface area (Å²) >= 11 is 0. The molecule has 3 heterocycles. The molecule has 0 saturated carbocycles. The number of aromatic amines is 1. The van der Waals surface area contributed by atoms with Crippen LogP contribution >= 0.6 is 0 Å². The minimum absolute atomic E-state index is 0.0534. The SMILES string of the molecule is CN(C)CC1CCC2(COCCN(C(=O)c3ccc4[nH]ccc4c3)C2)O1.O=C(O)C(F)(F)F. The first-order chi connectivity index (χ1) is 15.5. The van der Waals surface area contributed by atoms with Gasteiger partial charge in [-0.1, -0.05) is 0 Å². The van der Waals surface area contributed by atoms with Gasteiger partial charge in [-0.15, -0.1) is 0 Å². The first-order valence-electron chi connectivity index (χ1n) is 10.6. The number of carbonyl (C=O) groups excluding carboxylic acids is 1. The highest BCUT2D eigenvalue weighted by atomic mass is 19.4. The quantitative estimate of drug-likeness (QED) is 0.715. The number of halogens is 3. The number of carboxylic acids is 1. The van der Waals surface area contributed by atoms with Crippen molar-refractivity contribution in [2.24, 2.45) is 0 Å². The Morgan fingerprint density at radius 2 is 2.03 bits per heavy atom. The summed E-state index contributed by atoms with van der Waals surface area (Å²) in [6.45, 7) is 3.23.